The molecule has 1 fully saturated rings. The van der Waals surface area contributed by atoms with E-state index in [1.807, 2.05) is 32.9 Å². The highest BCUT2D eigenvalue weighted by Gasteiger charge is 2.33. The predicted molar refractivity (Wildman–Crippen MR) is 219 cm³/mol. The molecule has 2 aromatic carbocycles. The van der Waals surface area contributed by atoms with Crippen LogP contribution in [0.4, 0.5) is 29.5 Å². The van der Waals surface area contributed by atoms with Crippen LogP contribution in [-0.4, -0.2) is 108 Å². The topological polar surface area (TPSA) is 120 Å². The van der Waals surface area contributed by atoms with Crippen molar-refractivity contribution in [3.05, 3.63) is 87.7 Å². The first kappa shape index (κ1) is 44.7. The van der Waals surface area contributed by atoms with Crippen LogP contribution >= 0.6 is 27.5 Å². The molecule has 0 saturated carbocycles. The molecule has 2 amide bonds. The van der Waals surface area contributed by atoms with Crippen LogP contribution in [0.2, 0.25) is 5.02 Å². The lowest BCUT2D eigenvalue weighted by Crippen LogP contribution is -2.50. The van der Waals surface area contributed by atoms with E-state index >= 15 is 0 Å². The summed E-state index contributed by atoms with van der Waals surface area (Å²) < 4.78 is 64.1. The molecule has 5 rings (SSSR count). The molecule has 312 valence electrons. The van der Waals surface area contributed by atoms with Crippen molar-refractivity contribution in [2.45, 2.75) is 58.4 Å². The largest absolute Gasteiger partial charge is 0.444 e. The normalized spacial score (nSPS) is 13.6. The highest BCUT2D eigenvalue weighted by atomic mass is 79.9. The van der Waals surface area contributed by atoms with Gasteiger partial charge in [0, 0.05) is 52.8 Å². The van der Waals surface area contributed by atoms with Crippen LogP contribution in [0.5, 0.6) is 0 Å². The minimum Gasteiger partial charge on any atom is -0.444 e. The van der Waals surface area contributed by atoms with E-state index in [0.29, 0.717) is 94.6 Å². The van der Waals surface area contributed by atoms with Crippen LogP contribution in [0.25, 0.3) is 5.65 Å². The van der Waals surface area contributed by atoms with E-state index in [0.717, 1.165) is 23.3 Å². The van der Waals surface area contributed by atoms with Crippen LogP contribution in [0.1, 0.15) is 66.4 Å². The molecule has 12 nitrogen and oxygen atoms in total. The Bertz CT molecular complexity index is 2090. The Kier molecular flexibility index (Phi) is 15.8. The monoisotopic (exact) mass is 890 g/mol. The van der Waals surface area contributed by atoms with Crippen LogP contribution in [0.3, 0.4) is 0 Å². The Morgan fingerprint density at radius 2 is 1.66 bits per heavy atom. The number of hydrogen-bond acceptors (Lipinski definition) is 9. The SMILES string of the molecule is Cc1c(C#Cc2cnc3ccc(N4CCC(N(CCOCCOCCOCCBr)C(=O)OC(C)(C)C)CC4)nn23)cccc1C(=O)Nc1cc(Cl)cc(C(F)(F)F)c1. The third-order valence-corrected chi connectivity index (χ3v) is 9.58. The van der Waals surface area contributed by atoms with Gasteiger partial charge in [0.15, 0.2) is 5.65 Å². The Morgan fingerprint density at radius 1 is 0.966 bits per heavy atom. The number of benzene rings is 2. The number of rotatable bonds is 15. The van der Waals surface area contributed by atoms with Gasteiger partial charge >= 0.3 is 12.3 Å². The molecule has 1 aliphatic rings. The summed E-state index contributed by atoms with van der Waals surface area (Å²) in [5.41, 5.74) is 0.747. The van der Waals surface area contributed by atoms with Crippen LogP contribution in [0.15, 0.2) is 54.7 Å². The van der Waals surface area contributed by atoms with Crippen molar-refractivity contribution in [1.29, 1.82) is 0 Å². The third-order valence-electron chi connectivity index (χ3n) is 9.03. The summed E-state index contributed by atoms with van der Waals surface area (Å²) in [6, 6.07) is 11.6. The van der Waals surface area contributed by atoms with Gasteiger partial charge < -0.3 is 34.1 Å². The van der Waals surface area contributed by atoms with Crippen molar-refractivity contribution in [3.63, 3.8) is 0 Å². The van der Waals surface area contributed by atoms with E-state index in [2.05, 4.69) is 43.0 Å². The number of imidazole rings is 1. The molecule has 0 radical (unpaired) electrons. The van der Waals surface area contributed by atoms with E-state index < -0.39 is 23.2 Å². The third kappa shape index (κ3) is 12.8. The fourth-order valence-corrected chi connectivity index (χ4v) is 6.66. The van der Waals surface area contributed by atoms with Gasteiger partial charge in [-0.3, -0.25) is 4.79 Å². The lowest BCUT2D eigenvalue weighted by atomic mass is 10.0. The van der Waals surface area contributed by atoms with Gasteiger partial charge in [-0.15, -0.1) is 5.10 Å². The Balaban J connectivity index is 1.22. The minimum absolute atomic E-state index is 0.0557. The average molecular weight is 892 g/mol. The molecular weight excluding hydrogens is 845 g/mol. The summed E-state index contributed by atoms with van der Waals surface area (Å²) in [7, 11) is 0. The number of hydrogen-bond donors (Lipinski definition) is 1. The van der Waals surface area contributed by atoms with Gasteiger partial charge in [0.05, 0.1) is 51.4 Å². The zero-order valence-corrected chi connectivity index (χ0v) is 35.2. The molecule has 0 aliphatic carbocycles. The maximum Gasteiger partial charge on any atom is 0.416 e. The van der Waals surface area contributed by atoms with E-state index in [4.69, 9.17) is 35.6 Å². The molecule has 58 heavy (non-hydrogen) atoms. The number of anilines is 2. The molecule has 1 aliphatic heterocycles. The molecule has 17 heteroatoms. The standard InChI is InChI=1S/C41H47BrClF3N6O6/c1-28-29(6-5-7-35(28)38(53)48-32-25-30(41(44,45)46)24-31(43)26-32)8-9-34-27-47-36-10-11-37(49-52(34)36)50-15-12-33(13-16-50)51(39(54)58-40(2,3)4)17-19-56-21-23-57-22-20-55-18-14-42/h5-7,10-11,24-27,33H,12-23H2,1-4H3,(H,48,53). The fraction of sp³-hybridized carbons (Fsp3) is 0.463. The number of halogens is 5. The zero-order valence-electron chi connectivity index (χ0n) is 32.8. The van der Waals surface area contributed by atoms with Gasteiger partial charge in [-0.25, -0.2) is 14.3 Å². The molecule has 3 heterocycles. The van der Waals surface area contributed by atoms with Crippen molar-refractivity contribution in [2.75, 3.05) is 74.8 Å². The molecule has 1 saturated heterocycles. The lowest BCUT2D eigenvalue weighted by molar-refractivity contribution is -0.137. The van der Waals surface area contributed by atoms with Crippen LogP contribution in [0, 0.1) is 18.8 Å². The number of aromatic nitrogens is 3. The van der Waals surface area contributed by atoms with Crippen molar-refractivity contribution < 1.29 is 41.7 Å². The summed E-state index contributed by atoms with van der Waals surface area (Å²) in [5.74, 6) is 6.33. The molecule has 0 atom stereocenters. The summed E-state index contributed by atoms with van der Waals surface area (Å²) >= 11 is 9.22. The van der Waals surface area contributed by atoms with Crippen LogP contribution in [-0.2, 0) is 25.1 Å². The molecule has 0 bridgehead atoms. The summed E-state index contributed by atoms with van der Waals surface area (Å²) in [6.45, 7) is 11.7. The zero-order chi connectivity index (χ0) is 41.9. The van der Waals surface area contributed by atoms with E-state index in [1.165, 1.54) is 6.07 Å². The highest BCUT2D eigenvalue weighted by molar-refractivity contribution is 9.09. The van der Waals surface area contributed by atoms with E-state index in [-0.39, 0.29) is 28.4 Å². The number of alkyl halides is 4. The molecule has 4 aromatic rings. The maximum atomic E-state index is 13.3. The van der Waals surface area contributed by atoms with Crippen molar-refractivity contribution in [2.24, 2.45) is 0 Å². The Hall–Kier alpha value is -4.40. The predicted octanol–water partition coefficient (Wildman–Crippen LogP) is 8.01. The van der Waals surface area contributed by atoms with Crippen molar-refractivity contribution in [3.8, 4) is 11.8 Å². The van der Waals surface area contributed by atoms with Crippen molar-refractivity contribution in [1.82, 2.24) is 19.5 Å². The van der Waals surface area contributed by atoms with Gasteiger partial charge in [-0.1, -0.05) is 39.5 Å². The first-order chi connectivity index (χ1) is 27.6. The number of piperidine rings is 1. The molecule has 0 unspecified atom stereocenters. The molecular formula is C41H47BrClF3N6O6. The van der Waals surface area contributed by atoms with Gasteiger partial charge in [0.1, 0.15) is 17.1 Å². The van der Waals surface area contributed by atoms with Gasteiger partial charge in [-0.05, 0) is 94.5 Å². The number of ether oxygens (including phenoxy) is 4. The minimum atomic E-state index is -4.62. The summed E-state index contributed by atoms with van der Waals surface area (Å²) in [4.78, 5) is 34.9. The highest BCUT2D eigenvalue weighted by Crippen LogP contribution is 2.33. The number of carbonyl (C=O) groups is 2. The lowest BCUT2D eigenvalue weighted by Gasteiger charge is -2.39. The smallest absolute Gasteiger partial charge is 0.416 e. The van der Waals surface area contributed by atoms with Crippen molar-refractivity contribution >= 4 is 56.7 Å². The first-order valence-electron chi connectivity index (χ1n) is 18.8. The number of fused-ring (bicyclic) bond motifs is 1. The van der Waals surface area contributed by atoms with Crippen LogP contribution < -0.4 is 10.2 Å². The molecule has 1 N–H and O–H groups in total. The molecule has 0 spiro atoms. The molecule has 2 aromatic heterocycles. The maximum absolute atomic E-state index is 13.3. The van der Waals surface area contributed by atoms with E-state index in [1.54, 1.807) is 40.7 Å². The number of nitrogens with zero attached hydrogens (tertiary/aromatic N) is 5. The second-order valence-electron chi connectivity index (χ2n) is 14.4. The number of amides is 2. The summed E-state index contributed by atoms with van der Waals surface area (Å²) in [5, 5.41) is 8.00. The Morgan fingerprint density at radius 3 is 2.33 bits per heavy atom. The van der Waals surface area contributed by atoms with Gasteiger partial charge in [0.2, 0.25) is 0 Å². The summed E-state index contributed by atoms with van der Waals surface area (Å²) in [6.07, 6.45) is -2.00. The average Bonchev–Trinajstić information content (AvgIpc) is 3.57. The van der Waals surface area contributed by atoms with Gasteiger partial charge in [0.25, 0.3) is 5.91 Å². The quantitative estimate of drug-likeness (QED) is 0.0720. The second-order valence-corrected chi connectivity index (χ2v) is 15.7. The second kappa shape index (κ2) is 20.5. The fourth-order valence-electron chi connectivity index (χ4n) is 6.20. The van der Waals surface area contributed by atoms with Gasteiger partial charge in [-0.2, -0.15) is 13.2 Å². The Labute approximate surface area is 349 Å². The number of nitrogens with one attached hydrogen (secondary N) is 1. The number of carbonyl (C=O) groups excluding carboxylic acids is 2. The first-order valence-corrected chi connectivity index (χ1v) is 20.3. The van der Waals surface area contributed by atoms with E-state index in [9.17, 15) is 22.8 Å².